The van der Waals surface area contributed by atoms with Crippen LogP contribution in [0.2, 0.25) is 0 Å². The van der Waals surface area contributed by atoms with Gasteiger partial charge in [0.2, 0.25) is 6.10 Å². The van der Waals surface area contributed by atoms with Crippen LogP contribution < -0.4 is 5.32 Å². The van der Waals surface area contributed by atoms with Crippen molar-refractivity contribution in [1.29, 1.82) is 0 Å². The normalized spacial score (nSPS) is 13.6. The van der Waals surface area contributed by atoms with Crippen molar-refractivity contribution in [3.05, 3.63) is 0 Å². The van der Waals surface area contributed by atoms with Gasteiger partial charge in [-0.1, -0.05) is 0 Å². The molecule has 2 nitrogen and oxygen atoms in total. The number of halogens is 6. The molecule has 0 atom stereocenters. The Morgan fingerprint density at radius 3 is 1.87 bits per heavy atom. The maximum atomic E-state index is 11.9. The first kappa shape index (κ1) is 14.5. The van der Waals surface area contributed by atoms with Crippen molar-refractivity contribution < 1.29 is 31.1 Å². The van der Waals surface area contributed by atoms with Crippen molar-refractivity contribution in [3.8, 4) is 0 Å². The second-order valence-corrected chi connectivity index (χ2v) is 2.79. The summed E-state index contributed by atoms with van der Waals surface area (Å²) in [6.45, 7) is -0.299. The van der Waals surface area contributed by atoms with Crippen LogP contribution in [0.5, 0.6) is 0 Å². The summed E-state index contributed by atoms with van der Waals surface area (Å²) in [7, 11) is 1.53. The van der Waals surface area contributed by atoms with E-state index in [9.17, 15) is 26.3 Å². The van der Waals surface area contributed by atoms with Gasteiger partial charge in [0.15, 0.2) is 0 Å². The third-order valence-electron chi connectivity index (χ3n) is 1.45. The number of nitrogens with one attached hydrogen (secondary N) is 1. The minimum Gasteiger partial charge on any atom is -0.361 e. The number of hydrogen-bond donors (Lipinski definition) is 1. The predicted octanol–water partition coefficient (Wildman–Crippen LogP) is 2.11. The Balaban J connectivity index is 4.17. The lowest BCUT2D eigenvalue weighted by atomic mass is 10.3. The third kappa shape index (κ3) is 5.83. The zero-order chi connectivity index (χ0) is 12.1. The lowest BCUT2D eigenvalue weighted by molar-refractivity contribution is -0.321. The maximum Gasteiger partial charge on any atom is 0.423 e. The molecule has 0 fully saturated rings. The van der Waals surface area contributed by atoms with Crippen LogP contribution in [0, 0.1) is 0 Å². The average Bonchev–Trinajstić information content (AvgIpc) is 1.99. The van der Waals surface area contributed by atoms with Crippen molar-refractivity contribution in [3.63, 3.8) is 0 Å². The Morgan fingerprint density at radius 2 is 1.53 bits per heavy atom. The molecule has 0 aliphatic heterocycles. The highest BCUT2D eigenvalue weighted by molar-refractivity contribution is 4.75. The average molecular weight is 239 g/mol. The van der Waals surface area contributed by atoms with Gasteiger partial charge in [0, 0.05) is 6.61 Å². The molecule has 0 aliphatic carbocycles. The highest BCUT2D eigenvalue weighted by atomic mass is 19.4. The van der Waals surface area contributed by atoms with Gasteiger partial charge in [-0.3, -0.25) is 0 Å². The SMILES string of the molecule is CNCCCOC(C(F)(F)F)C(F)(F)F. The minimum absolute atomic E-state index is 0.0825. The summed E-state index contributed by atoms with van der Waals surface area (Å²) in [6.07, 6.45) is -14.4. The number of ether oxygens (including phenoxy) is 1. The van der Waals surface area contributed by atoms with E-state index in [1.54, 1.807) is 0 Å². The fourth-order valence-corrected chi connectivity index (χ4v) is 0.825. The van der Waals surface area contributed by atoms with E-state index >= 15 is 0 Å². The number of rotatable bonds is 5. The summed E-state index contributed by atoms with van der Waals surface area (Å²) < 4.78 is 75.0. The van der Waals surface area contributed by atoms with Gasteiger partial charge in [0.05, 0.1) is 0 Å². The summed E-state index contributed by atoms with van der Waals surface area (Å²) in [6, 6.07) is 0. The second-order valence-electron chi connectivity index (χ2n) is 2.79. The van der Waals surface area contributed by atoms with Gasteiger partial charge in [-0.2, -0.15) is 26.3 Å². The molecule has 0 radical (unpaired) electrons. The maximum absolute atomic E-state index is 11.9. The molecule has 15 heavy (non-hydrogen) atoms. The van der Waals surface area contributed by atoms with E-state index in [2.05, 4.69) is 10.1 Å². The number of hydrogen-bond acceptors (Lipinski definition) is 2. The number of alkyl halides is 6. The van der Waals surface area contributed by atoms with Crippen molar-refractivity contribution in [1.82, 2.24) is 5.32 Å². The quantitative estimate of drug-likeness (QED) is 0.586. The second kappa shape index (κ2) is 5.55. The standard InChI is InChI=1S/C7H11F6NO/c1-14-3-2-4-15-5(6(8,9)10)7(11,12)13/h5,14H,2-4H2,1H3. The molecule has 92 valence electrons. The van der Waals surface area contributed by atoms with Gasteiger partial charge in [-0.05, 0) is 20.0 Å². The van der Waals surface area contributed by atoms with E-state index in [-0.39, 0.29) is 6.42 Å². The van der Waals surface area contributed by atoms with Gasteiger partial charge < -0.3 is 10.1 Å². The van der Waals surface area contributed by atoms with Crippen LogP contribution in [0.25, 0.3) is 0 Å². The molecule has 0 aromatic rings. The highest BCUT2D eigenvalue weighted by Gasteiger charge is 2.57. The molecule has 0 amide bonds. The van der Waals surface area contributed by atoms with Gasteiger partial charge in [0.1, 0.15) is 0 Å². The molecule has 0 saturated heterocycles. The first-order valence-corrected chi connectivity index (χ1v) is 4.09. The lowest BCUT2D eigenvalue weighted by Crippen LogP contribution is -2.44. The summed E-state index contributed by atoms with van der Waals surface area (Å²) in [4.78, 5) is 0. The molecule has 0 saturated carbocycles. The van der Waals surface area contributed by atoms with Gasteiger partial charge in [-0.25, -0.2) is 0 Å². The van der Waals surface area contributed by atoms with E-state index < -0.39 is 25.1 Å². The monoisotopic (exact) mass is 239 g/mol. The Morgan fingerprint density at radius 1 is 1.07 bits per heavy atom. The predicted molar refractivity (Wildman–Crippen MR) is 40.4 cm³/mol. The lowest BCUT2D eigenvalue weighted by Gasteiger charge is -2.22. The molecule has 0 aliphatic rings. The molecule has 0 aromatic carbocycles. The topological polar surface area (TPSA) is 21.3 Å². The van der Waals surface area contributed by atoms with E-state index in [4.69, 9.17) is 0 Å². The van der Waals surface area contributed by atoms with Crippen LogP contribution in [0.15, 0.2) is 0 Å². The van der Waals surface area contributed by atoms with Crippen molar-refractivity contribution in [2.24, 2.45) is 0 Å². The highest BCUT2D eigenvalue weighted by Crippen LogP contribution is 2.35. The van der Waals surface area contributed by atoms with Crippen LogP contribution in [-0.4, -0.2) is 38.7 Å². The largest absolute Gasteiger partial charge is 0.423 e. The van der Waals surface area contributed by atoms with Crippen LogP contribution in [0.1, 0.15) is 6.42 Å². The van der Waals surface area contributed by atoms with E-state index in [1.165, 1.54) is 7.05 Å². The molecule has 0 bridgehead atoms. The molecule has 8 heteroatoms. The molecule has 0 rings (SSSR count). The molecule has 1 N–H and O–H groups in total. The van der Waals surface area contributed by atoms with Crippen molar-refractivity contribution in [2.75, 3.05) is 20.2 Å². The molecule has 0 spiro atoms. The van der Waals surface area contributed by atoms with Crippen LogP contribution in [0.4, 0.5) is 26.3 Å². The molecule has 0 aromatic heterocycles. The fourth-order valence-electron chi connectivity index (χ4n) is 0.825. The zero-order valence-corrected chi connectivity index (χ0v) is 7.87. The molecular weight excluding hydrogens is 228 g/mol. The Kier molecular flexibility index (Phi) is 5.36. The van der Waals surface area contributed by atoms with E-state index in [0.717, 1.165) is 0 Å². The molecular formula is C7H11F6NO. The first-order valence-electron chi connectivity index (χ1n) is 4.09. The van der Waals surface area contributed by atoms with Gasteiger partial charge >= 0.3 is 12.4 Å². The molecule has 0 unspecified atom stereocenters. The zero-order valence-electron chi connectivity index (χ0n) is 7.87. The van der Waals surface area contributed by atoms with E-state index in [0.29, 0.717) is 6.54 Å². The fraction of sp³-hybridized carbons (Fsp3) is 1.00. The Hall–Kier alpha value is -0.500. The van der Waals surface area contributed by atoms with Crippen LogP contribution in [0.3, 0.4) is 0 Å². The first-order chi connectivity index (χ1) is 6.69. The Bertz CT molecular complexity index is 163. The summed E-state index contributed by atoms with van der Waals surface area (Å²) >= 11 is 0. The smallest absolute Gasteiger partial charge is 0.361 e. The van der Waals surface area contributed by atoms with Gasteiger partial charge in [-0.15, -0.1) is 0 Å². The van der Waals surface area contributed by atoms with Crippen molar-refractivity contribution in [2.45, 2.75) is 24.9 Å². The van der Waals surface area contributed by atoms with E-state index in [1.807, 2.05) is 0 Å². The summed E-state index contributed by atoms with van der Waals surface area (Å²) in [5.74, 6) is 0. The van der Waals surface area contributed by atoms with Gasteiger partial charge in [0.25, 0.3) is 0 Å². The summed E-state index contributed by atoms with van der Waals surface area (Å²) in [5.41, 5.74) is 0. The Labute approximate surface area is 82.6 Å². The third-order valence-corrected chi connectivity index (χ3v) is 1.45. The summed E-state index contributed by atoms with van der Waals surface area (Å²) in [5, 5.41) is 2.58. The van der Waals surface area contributed by atoms with Crippen LogP contribution >= 0.6 is 0 Å². The van der Waals surface area contributed by atoms with Crippen molar-refractivity contribution >= 4 is 0 Å². The minimum atomic E-state index is -5.42. The van der Waals surface area contributed by atoms with Crippen LogP contribution in [-0.2, 0) is 4.74 Å². The molecule has 0 heterocycles.